The SMILES string of the molecule is COc1ccc(CCC(=O)OC(C)(C)C)cc1C(=O)N[C@H]1[C@@H](C(=O)Nc2cccc(S(=O)(=O)C(F)(F)F)c2)[C@@H]2C=C[C@H]1C2. The molecular formula is C30H33F3N2O7S. The monoisotopic (exact) mass is 622 g/mol. The lowest BCUT2D eigenvalue weighted by atomic mass is 9.87. The van der Waals surface area contributed by atoms with Crippen LogP contribution in [0.25, 0.3) is 0 Å². The Labute approximate surface area is 247 Å². The first-order chi connectivity index (χ1) is 20.0. The maximum Gasteiger partial charge on any atom is 0.501 e. The number of hydrogen-bond donors (Lipinski definition) is 2. The van der Waals surface area contributed by atoms with Crippen LogP contribution in [0.15, 0.2) is 59.5 Å². The summed E-state index contributed by atoms with van der Waals surface area (Å²) in [4.78, 5) is 38.1. The molecule has 2 aromatic rings. The molecule has 2 N–H and O–H groups in total. The summed E-state index contributed by atoms with van der Waals surface area (Å²) >= 11 is 0. The van der Waals surface area contributed by atoms with E-state index in [2.05, 4.69) is 10.6 Å². The van der Waals surface area contributed by atoms with Gasteiger partial charge in [0.25, 0.3) is 15.7 Å². The molecule has 4 atom stereocenters. The highest BCUT2D eigenvalue weighted by atomic mass is 32.2. The van der Waals surface area contributed by atoms with Gasteiger partial charge >= 0.3 is 11.5 Å². The number of rotatable bonds is 9. The van der Waals surface area contributed by atoms with Crippen LogP contribution >= 0.6 is 0 Å². The normalized spacial score (nSPS) is 21.4. The van der Waals surface area contributed by atoms with Crippen molar-refractivity contribution in [1.29, 1.82) is 0 Å². The number of nitrogens with one attached hydrogen (secondary N) is 2. The fourth-order valence-corrected chi connectivity index (χ4v) is 6.24. The van der Waals surface area contributed by atoms with Crippen molar-refractivity contribution in [3.8, 4) is 5.75 Å². The first kappa shape index (κ1) is 32.1. The molecule has 43 heavy (non-hydrogen) atoms. The molecule has 0 heterocycles. The molecule has 0 saturated heterocycles. The molecule has 4 rings (SSSR count). The third kappa shape index (κ3) is 7.20. The van der Waals surface area contributed by atoms with Gasteiger partial charge in [0.2, 0.25) is 5.91 Å². The van der Waals surface area contributed by atoms with Gasteiger partial charge in [-0.25, -0.2) is 8.42 Å². The van der Waals surface area contributed by atoms with Gasteiger partial charge in [0.15, 0.2) is 0 Å². The quantitative estimate of drug-likeness (QED) is 0.303. The molecule has 0 radical (unpaired) electrons. The van der Waals surface area contributed by atoms with Crippen molar-refractivity contribution in [3.05, 3.63) is 65.7 Å². The molecule has 9 nitrogen and oxygen atoms in total. The minimum absolute atomic E-state index is 0.107. The summed E-state index contributed by atoms with van der Waals surface area (Å²) in [5.41, 5.74) is -5.32. The maximum absolute atomic E-state index is 13.5. The Hall–Kier alpha value is -3.87. The number of fused-ring (bicyclic) bond motifs is 2. The van der Waals surface area contributed by atoms with E-state index in [-0.39, 0.29) is 35.5 Å². The summed E-state index contributed by atoms with van der Waals surface area (Å²) in [5, 5.41) is 5.46. The Morgan fingerprint density at radius 3 is 2.35 bits per heavy atom. The zero-order valence-corrected chi connectivity index (χ0v) is 24.8. The Morgan fingerprint density at radius 2 is 1.70 bits per heavy atom. The first-order valence-electron chi connectivity index (χ1n) is 13.6. The molecule has 2 aliphatic carbocycles. The highest BCUT2D eigenvalue weighted by Gasteiger charge is 2.49. The van der Waals surface area contributed by atoms with Crippen LogP contribution in [-0.4, -0.2) is 50.5 Å². The van der Waals surface area contributed by atoms with Gasteiger partial charge in [0.05, 0.1) is 23.5 Å². The number of ether oxygens (including phenoxy) is 2. The molecule has 0 aromatic heterocycles. The summed E-state index contributed by atoms with van der Waals surface area (Å²) in [5.74, 6) is -2.32. The number of allylic oxidation sites excluding steroid dienone is 1. The van der Waals surface area contributed by atoms with Crippen molar-refractivity contribution in [3.63, 3.8) is 0 Å². The molecule has 0 unspecified atom stereocenters. The number of alkyl halides is 3. The topological polar surface area (TPSA) is 128 Å². The largest absolute Gasteiger partial charge is 0.501 e. The minimum Gasteiger partial charge on any atom is -0.496 e. The predicted octanol–water partition coefficient (Wildman–Crippen LogP) is 4.82. The van der Waals surface area contributed by atoms with Crippen molar-refractivity contribution in [2.75, 3.05) is 12.4 Å². The molecule has 2 aromatic carbocycles. The van der Waals surface area contributed by atoms with Crippen molar-refractivity contribution in [2.45, 2.75) is 62.1 Å². The standard InChI is InChI=1S/C30H33F3N2O7S/c1-29(2,3)42-24(36)13-9-17-8-12-23(41-4)22(14-17)27(37)35-26-19-11-10-18(15-19)25(26)28(38)34-20-6-5-7-21(16-20)43(39,40)30(31,32)33/h5-8,10-12,14,16,18-19,25-26H,9,13,15H2,1-4H3,(H,34,38)(H,35,37)/t18-,19+,25+,26-/m1/s1. The average molecular weight is 623 g/mol. The second-order valence-electron chi connectivity index (χ2n) is 11.6. The van der Waals surface area contributed by atoms with Crippen LogP contribution in [0.5, 0.6) is 5.75 Å². The molecule has 2 amide bonds. The lowest BCUT2D eigenvalue weighted by molar-refractivity contribution is -0.154. The highest BCUT2D eigenvalue weighted by Crippen LogP contribution is 2.44. The van der Waals surface area contributed by atoms with Crippen LogP contribution in [-0.2, 0) is 30.6 Å². The van der Waals surface area contributed by atoms with E-state index in [0.29, 0.717) is 24.2 Å². The van der Waals surface area contributed by atoms with E-state index < -0.39 is 49.6 Å². The second-order valence-corrected chi connectivity index (χ2v) is 13.5. The number of methoxy groups -OCH3 is 1. The highest BCUT2D eigenvalue weighted by molar-refractivity contribution is 7.92. The Balaban J connectivity index is 1.50. The summed E-state index contributed by atoms with van der Waals surface area (Å²) in [6.07, 6.45) is 4.78. The molecule has 13 heteroatoms. The molecule has 2 bridgehead atoms. The number of esters is 1. The lowest BCUT2D eigenvalue weighted by Gasteiger charge is -2.28. The predicted molar refractivity (Wildman–Crippen MR) is 151 cm³/mol. The fraction of sp³-hybridized carbons (Fsp3) is 0.433. The van der Waals surface area contributed by atoms with Gasteiger partial charge in [-0.15, -0.1) is 0 Å². The van der Waals surface area contributed by atoms with Gasteiger partial charge in [0, 0.05) is 18.2 Å². The van der Waals surface area contributed by atoms with Crippen molar-refractivity contribution >= 4 is 33.3 Å². The van der Waals surface area contributed by atoms with Gasteiger partial charge in [-0.05, 0) is 81.3 Å². The molecule has 0 aliphatic heterocycles. The second kappa shape index (κ2) is 12.0. The summed E-state index contributed by atoms with van der Waals surface area (Å²) in [7, 11) is -4.19. The molecule has 1 saturated carbocycles. The summed E-state index contributed by atoms with van der Waals surface area (Å²) in [6, 6.07) is 8.29. The summed E-state index contributed by atoms with van der Waals surface area (Å²) < 4.78 is 73.5. The van der Waals surface area contributed by atoms with Crippen molar-refractivity contribution in [1.82, 2.24) is 5.32 Å². The van der Waals surface area contributed by atoms with Crippen molar-refractivity contribution < 1.29 is 45.4 Å². The smallest absolute Gasteiger partial charge is 0.496 e. The fourth-order valence-electron chi connectivity index (χ4n) is 5.43. The molecular weight excluding hydrogens is 589 g/mol. The van der Waals surface area contributed by atoms with Crippen molar-refractivity contribution in [2.24, 2.45) is 17.8 Å². The molecule has 1 fully saturated rings. The van der Waals surface area contributed by atoms with Crippen LogP contribution in [0.1, 0.15) is 49.5 Å². The van der Waals surface area contributed by atoms with E-state index in [9.17, 15) is 36.0 Å². The number of carbonyl (C=O) groups excluding carboxylic acids is 3. The van der Waals surface area contributed by atoms with Crippen LogP contribution < -0.4 is 15.4 Å². The number of amides is 2. The number of anilines is 1. The number of carbonyl (C=O) groups is 3. The van der Waals surface area contributed by atoms with E-state index in [1.807, 2.05) is 12.2 Å². The zero-order valence-electron chi connectivity index (χ0n) is 24.0. The summed E-state index contributed by atoms with van der Waals surface area (Å²) in [6.45, 7) is 5.32. The van der Waals surface area contributed by atoms with Gasteiger partial charge < -0.3 is 20.1 Å². The number of hydrogen-bond acceptors (Lipinski definition) is 7. The van der Waals surface area contributed by atoms with Crippen LogP contribution in [0.2, 0.25) is 0 Å². The number of sulfone groups is 1. The van der Waals surface area contributed by atoms with Crippen LogP contribution in [0.4, 0.5) is 18.9 Å². The number of aryl methyl sites for hydroxylation is 1. The Kier molecular flexibility index (Phi) is 8.96. The van der Waals surface area contributed by atoms with E-state index in [1.165, 1.54) is 13.2 Å². The maximum atomic E-state index is 13.5. The van der Waals surface area contributed by atoms with Gasteiger partial charge in [-0.2, -0.15) is 13.2 Å². The minimum atomic E-state index is -5.60. The van der Waals surface area contributed by atoms with Crippen LogP contribution in [0.3, 0.4) is 0 Å². The van der Waals surface area contributed by atoms with Gasteiger partial charge in [-0.3, -0.25) is 14.4 Å². The number of benzene rings is 2. The first-order valence-corrected chi connectivity index (χ1v) is 15.1. The van der Waals surface area contributed by atoms with E-state index in [0.717, 1.165) is 18.2 Å². The third-order valence-corrected chi connectivity index (χ3v) is 8.81. The van der Waals surface area contributed by atoms with Gasteiger partial charge in [0.1, 0.15) is 11.4 Å². The van der Waals surface area contributed by atoms with Gasteiger partial charge in [-0.1, -0.05) is 24.3 Å². The van der Waals surface area contributed by atoms with Crippen LogP contribution in [0, 0.1) is 17.8 Å². The lowest BCUT2D eigenvalue weighted by Crippen LogP contribution is -2.47. The number of halogens is 3. The Morgan fingerprint density at radius 1 is 1.00 bits per heavy atom. The van der Waals surface area contributed by atoms with E-state index in [4.69, 9.17) is 9.47 Å². The third-order valence-electron chi connectivity index (χ3n) is 7.32. The average Bonchev–Trinajstić information content (AvgIpc) is 3.52. The zero-order chi connectivity index (χ0) is 31.7. The molecule has 2 aliphatic rings. The van der Waals surface area contributed by atoms with E-state index >= 15 is 0 Å². The molecule has 232 valence electrons. The van der Waals surface area contributed by atoms with E-state index in [1.54, 1.807) is 39.0 Å². The Bertz CT molecular complexity index is 1550. The molecule has 0 spiro atoms.